The van der Waals surface area contributed by atoms with E-state index >= 15 is 0 Å². The van der Waals surface area contributed by atoms with Gasteiger partial charge in [-0.1, -0.05) is 25.1 Å². The first kappa shape index (κ1) is 19.7. The highest BCUT2D eigenvalue weighted by molar-refractivity contribution is 5.37. The second-order valence-electron chi connectivity index (χ2n) is 5.86. The van der Waals surface area contributed by atoms with E-state index in [0.717, 1.165) is 17.7 Å². The first-order chi connectivity index (χ1) is 12.5. The van der Waals surface area contributed by atoms with Gasteiger partial charge in [0.1, 0.15) is 24.2 Å². The number of nitro benzene ring substituents is 1. The molecule has 0 fully saturated rings. The van der Waals surface area contributed by atoms with Gasteiger partial charge in [0.2, 0.25) is 0 Å². The SMILES string of the molecule is CC[C@H](NC[C@@H](O)COc1cccc([N+](=O)[O-])c1)c1ccc(OC)cc1. The van der Waals surface area contributed by atoms with Crippen LogP contribution in [0.3, 0.4) is 0 Å². The van der Waals surface area contributed by atoms with Crippen molar-refractivity contribution in [3.8, 4) is 11.5 Å². The van der Waals surface area contributed by atoms with Gasteiger partial charge in [-0.05, 0) is 30.2 Å². The Morgan fingerprint density at radius 1 is 1.19 bits per heavy atom. The minimum absolute atomic E-state index is 0.0410. The maximum absolute atomic E-state index is 10.8. The standard InChI is InChI=1S/C19H24N2O5/c1-3-19(14-7-9-17(25-2)10-8-14)20-12-16(22)13-26-18-6-4-5-15(11-18)21(23)24/h4-11,16,19-20,22H,3,12-13H2,1-2H3/t16-,19+/m1/s1. The molecule has 0 radical (unpaired) electrons. The number of ether oxygens (including phenoxy) is 2. The number of methoxy groups -OCH3 is 1. The Labute approximate surface area is 152 Å². The molecule has 7 nitrogen and oxygen atoms in total. The van der Waals surface area contributed by atoms with Crippen molar-refractivity contribution in [2.24, 2.45) is 0 Å². The van der Waals surface area contributed by atoms with Gasteiger partial charge in [0.15, 0.2) is 0 Å². The first-order valence-electron chi connectivity index (χ1n) is 8.46. The summed E-state index contributed by atoms with van der Waals surface area (Å²) in [6.07, 6.45) is 0.131. The van der Waals surface area contributed by atoms with E-state index in [1.807, 2.05) is 24.3 Å². The fraction of sp³-hybridized carbons (Fsp3) is 0.368. The normalized spacial score (nSPS) is 13.0. The zero-order chi connectivity index (χ0) is 18.9. The highest BCUT2D eigenvalue weighted by atomic mass is 16.6. The minimum Gasteiger partial charge on any atom is -0.497 e. The molecule has 0 amide bonds. The Balaban J connectivity index is 1.83. The van der Waals surface area contributed by atoms with E-state index in [-0.39, 0.29) is 18.3 Å². The molecule has 0 aromatic heterocycles. The largest absolute Gasteiger partial charge is 0.497 e. The van der Waals surface area contributed by atoms with Crippen molar-refractivity contribution in [3.05, 3.63) is 64.2 Å². The van der Waals surface area contributed by atoms with Gasteiger partial charge in [-0.15, -0.1) is 0 Å². The third kappa shape index (κ3) is 5.72. The van der Waals surface area contributed by atoms with Crippen LogP contribution in [0.2, 0.25) is 0 Å². The summed E-state index contributed by atoms with van der Waals surface area (Å²) in [5.74, 6) is 1.16. The number of nitro groups is 1. The predicted molar refractivity (Wildman–Crippen MR) is 98.6 cm³/mol. The Morgan fingerprint density at radius 2 is 1.92 bits per heavy atom. The fourth-order valence-electron chi connectivity index (χ4n) is 2.55. The maximum atomic E-state index is 10.8. The number of aliphatic hydroxyl groups excluding tert-OH is 1. The molecule has 0 unspecified atom stereocenters. The highest BCUT2D eigenvalue weighted by Crippen LogP contribution is 2.21. The molecular weight excluding hydrogens is 336 g/mol. The highest BCUT2D eigenvalue weighted by Gasteiger charge is 2.13. The third-order valence-electron chi connectivity index (χ3n) is 4.00. The van der Waals surface area contributed by atoms with Crippen molar-refractivity contribution >= 4 is 5.69 Å². The van der Waals surface area contributed by atoms with Crippen LogP contribution >= 0.6 is 0 Å². The van der Waals surface area contributed by atoms with E-state index < -0.39 is 11.0 Å². The number of nitrogens with one attached hydrogen (secondary N) is 1. The molecule has 0 aliphatic heterocycles. The van der Waals surface area contributed by atoms with Gasteiger partial charge in [-0.25, -0.2) is 0 Å². The van der Waals surface area contributed by atoms with Crippen LogP contribution in [0.1, 0.15) is 24.9 Å². The second kappa shape index (κ2) is 9.74. The Hall–Kier alpha value is -2.64. The summed E-state index contributed by atoms with van der Waals surface area (Å²) in [4.78, 5) is 10.3. The number of non-ortho nitro benzene ring substituents is 1. The van der Waals surface area contributed by atoms with Gasteiger partial charge in [-0.3, -0.25) is 10.1 Å². The first-order valence-corrected chi connectivity index (χ1v) is 8.46. The number of rotatable bonds is 10. The smallest absolute Gasteiger partial charge is 0.273 e. The molecule has 140 valence electrons. The Bertz CT molecular complexity index is 705. The van der Waals surface area contributed by atoms with Gasteiger partial charge in [0, 0.05) is 18.7 Å². The Morgan fingerprint density at radius 3 is 2.54 bits per heavy atom. The molecule has 0 bridgehead atoms. The van der Waals surface area contributed by atoms with Crippen molar-refractivity contribution in [2.45, 2.75) is 25.5 Å². The Kier molecular flexibility index (Phi) is 7.37. The molecule has 2 aromatic carbocycles. The maximum Gasteiger partial charge on any atom is 0.273 e. The molecule has 0 spiro atoms. The van der Waals surface area contributed by atoms with E-state index in [9.17, 15) is 15.2 Å². The van der Waals surface area contributed by atoms with Gasteiger partial charge >= 0.3 is 0 Å². The molecule has 0 heterocycles. The van der Waals surface area contributed by atoms with E-state index in [1.165, 1.54) is 12.1 Å². The van der Waals surface area contributed by atoms with Gasteiger partial charge < -0.3 is 19.9 Å². The average Bonchev–Trinajstić information content (AvgIpc) is 2.67. The molecule has 0 aliphatic rings. The van der Waals surface area contributed by atoms with Crippen LogP contribution in [0, 0.1) is 10.1 Å². The summed E-state index contributed by atoms with van der Waals surface area (Å²) in [5.41, 5.74) is 1.07. The van der Waals surface area contributed by atoms with Crippen molar-refractivity contribution in [3.63, 3.8) is 0 Å². The van der Waals surface area contributed by atoms with Gasteiger partial charge in [-0.2, -0.15) is 0 Å². The topological polar surface area (TPSA) is 93.9 Å². The van der Waals surface area contributed by atoms with Crippen molar-refractivity contribution < 1.29 is 19.5 Å². The van der Waals surface area contributed by atoms with Crippen LogP contribution in [-0.2, 0) is 0 Å². The summed E-state index contributed by atoms with van der Waals surface area (Å²) in [6, 6.07) is 13.8. The van der Waals surface area contributed by atoms with Crippen LogP contribution in [-0.4, -0.2) is 36.4 Å². The molecule has 7 heteroatoms. The number of hydrogen-bond donors (Lipinski definition) is 2. The lowest BCUT2D eigenvalue weighted by Gasteiger charge is -2.20. The number of hydrogen-bond acceptors (Lipinski definition) is 6. The minimum atomic E-state index is -0.735. The quantitative estimate of drug-likeness (QED) is 0.499. The van der Waals surface area contributed by atoms with Gasteiger partial charge in [0.25, 0.3) is 5.69 Å². The third-order valence-corrected chi connectivity index (χ3v) is 4.00. The average molecular weight is 360 g/mol. The summed E-state index contributed by atoms with van der Waals surface area (Å²) >= 11 is 0. The van der Waals surface area contributed by atoms with Crippen molar-refractivity contribution in [2.75, 3.05) is 20.3 Å². The summed E-state index contributed by atoms with van der Waals surface area (Å²) in [6.45, 7) is 2.46. The molecular formula is C19H24N2O5. The lowest BCUT2D eigenvalue weighted by atomic mass is 10.0. The van der Waals surface area contributed by atoms with Crippen LogP contribution in [0.15, 0.2) is 48.5 Å². The molecule has 0 saturated carbocycles. The predicted octanol–water partition coefficient (Wildman–Crippen LogP) is 3.08. The summed E-state index contributed by atoms with van der Waals surface area (Å²) in [5, 5.41) is 24.2. The van der Waals surface area contributed by atoms with Crippen LogP contribution < -0.4 is 14.8 Å². The molecule has 2 atom stereocenters. The van der Waals surface area contributed by atoms with Crippen LogP contribution in [0.4, 0.5) is 5.69 Å². The van der Waals surface area contributed by atoms with E-state index in [0.29, 0.717) is 12.3 Å². The van der Waals surface area contributed by atoms with Crippen molar-refractivity contribution in [1.29, 1.82) is 0 Å². The molecule has 0 aliphatic carbocycles. The molecule has 0 saturated heterocycles. The van der Waals surface area contributed by atoms with E-state index in [4.69, 9.17) is 9.47 Å². The summed E-state index contributed by atoms with van der Waals surface area (Å²) < 4.78 is 10.6. The molecule has 2 N–H and O–H groups in total. The zero-order valence-electron chi connectivity index (χ0n) is 14.9. The monoisotopic (exact) mass is 360 g/mol. The second-order valence-corrected chi connectivity index (χ2v) is 5.86. The lowest BCUT2D eigenvalue weighted by Crippen LogP contribution is -2.33. The van der Waals surface area contributed by atoms with Crippen LogP contribution in [0.5, 0.6) is 11.5 Å². The van der Waals surface area contributed by atoms with E-state index in [1.54, 1.807) is 19.2 Å². The van der Waals surface area contributed by atoms with E-state index in [2.05, 4.69) is 12.2 Å². The zero-order valence-corrected chi connectivity index (χ0v) is 14.9. The number of benzene rings is 2. The lowest BCUT2D eigenvalue weighted by molar-refractivity contribution is -0.384. The summed E-state index contributed by atoms with van der Waals surface area (Å²) in [7, 11) is 1.63. The number of nitrogens with zero attached hydrogens (tertiary/aromatic N) is 1. The molecule has 26 heavy (non-hydrogen) atoms. The number of aliphatic hydroxyl groups is 1. The van der Waals surface area contributed by atoms with Crippen molar-refractivity contribution in [1.82, 2.24) is 5.32 Å². The van der Waals surface area contributed by atoms with Gasteiger partial charge in [0.05, 0.1) is 18.1 Å². The molecule has 2 rings (SSSR count). The van der Waals surface area contributed by atoms with Crippen LogP contribution in [0.25, 0.3) is 0 Å². The fourth-order valence-corrected chi connectivity index (χ4v) is 2.55. The molecule has 2 aromatic rings.